The molecule has 2 aliphatic heterocycles. The largest absolute Gasteiger partial charge is 0.457 e. The Bertz CT molecular complexity index is 329. The van der Waals surface area contributed by atoms with Gasteiger partial charge >= 0.3 is 11.9 Å². The molecule has 0 spiro atoms. The van der Waals surface area contributed by atoms with Crippen LogP contribution in [-0.2, 0) is 28.5 Å². The summed E-state index contributed by atoms with van der Waals surface area (Å²) in [5.74, 6) is -1.05. The molecule has 2 fully saturated rings. The number of rotatable bonds is 5. The van der Waals surface area contributed by atoms with Gasteiger partial charge in [-0.05, 0) is 0 Å². The lowest BCUT2D eigenvalue weighted by atomic mass is 10.2. The molecule has 6 heteroatoms. The maximum absolute atomic E-state index is 11.4. The fourth-order valence-corrected chi connectivity index (χ4v) is 1.27. The zero-order valence-electron chi connectivity index (χ0n) is 9.35. The first-order chi connectivity index (χ1) is 8.15. The van der Waals surface area contributed by atoms with Crippen molar-refractivity contribution in [2.75, 3.05) is 26.4 Å². The van der Waals surface area contributed by atoms with Crippen LogP contribution in [0.15, 0.2) is 12.2 Å². The van der Waals surface area contributed by atoms with Crippen LogP contribution in [0.2, 0.25) is 0 Å². The Hall–Kier alpha value is -1.40. The van der Waals surface area contributed by atoms with Crippen LogP contribution in [0.3, 0.4) is 0 Å². The summed E-state index contributed by atoms with van der Waals surface area (Å²) in [6, 6.07) is 0. The lowest BCUT2D eigenvalue weighted by Gasteiger charge is -2.26. The average Bonchev–Trinajstić information content (AvgIpc) is 2.17. The zero-order chi connectivity index (χ0) is 12.3. The lowest BCUT2D eigenvalue weighted by molar-refractivity contribution is -0.174. The predicted octanol–water partition coefficient (Wildman–Crippen LogP) is -0.183. The molecule has 0 aromatic carbocycles. The van der Waals surface area contributed by atoms with Crippen LogP contribution in [0.25, 0.3) is 0 Å². The molecular weight excluding hydrogens is 228 g/mol. The summed E-state index contributed by atoms with van der Waals surface area (Å²) in [6.07, 6.45) is -0.551. The Balaban J connectivity index is 1.67. The summed E-state index contributed by atoms with van der Waals surface area (Å²) in [6.45, 7) is 5.16. The summed E-state index contributed by atoms with van der Waals surface area (Å²) in [5, 5.41) is 0. The van der Waals surface area contributed by atoms with Gasteiger partial charge in [-0.25, -0.2) is 4.79 Å². The van der Waals surface area contributed by atoms with Crippen molar-refractivity contribution in [3.8, 4) is 0 Å². The van der Waals surface area contributed by atoms with Gasteiger partial charge in [-0.3, -0.25) is 4.79 Å². The Kier molecular flexibility index (Phi) is 3.75. The third kappa shape index (κ3) is 3.28. The van der Waals surface area contributed by atoms with Crippen molar-refractivity contribution in [1.82, 2.24) is 0 Å². The third-order valence-electron chi connectivity index (χ3n) is 2.43. The van der Waals surface area contributed by atoms with E-state index in [9.17, 15) is 9.59 Å². The Morgan fingerprint density at radius 1 is 1.06 bits per heavy atom. The molecule has 2 heterocycles. The number of carbonyl (C=O) groups is 2. The summed E-state index contributed by atoms with van der Waals surface area (Å²) in [5.41, 5.74) is 0.0992. The molecule has 0 aromatic rings. The van der Waals surface area contributed by atoms with Crippen molar-refractivity contribution in [1.29, 1.82) is 0 Å². The number of hydrogen-bond donors (Lipinski definition) is 0. The summed E-state index contributed by atoms with van der Waals surface area (Å²) < 4.78 is 19.7. The molecule has 2 saturated heterocycles. The van der Waals surface area contributed by atoms with E-state index >= 15 is 0 Å². The first kappa shape index (κ1) is 12.1. The van der Waals surface area contributed by atoms with Gasteiger partial charge in [0.1, 0.15) is 12.2 Å². The molecule has 0 bridgehead atoms. The van der Waals surface area contributed by atoms with Crippen molar-refractivity contribution in [2.45, 2.75) is 18.6 Å². The summed E-state index contributed by atoms with van der Waals surface area (Å²) >= 11 is 0. The molecule has 2 rings (SSSR count). The van der Waals surface area contributed by atoms with E-state index in [1.54, 1.807) is 0 Å². The van der Waals surface area contributed by atoms with Gasteiger partial charge in [-0.2, -0.15) is 0 Å². The van der Waals surface area contributed by atoms with E-state index in [-0.39, 0.29) is 24.2 Å². The molecule has 0 atom stereocenters. The van der Waals surface area contributed by atoms with Crippen LogP contribution in [0.4, 0.5) is 0 Å². The van der Waals surface area contributed by atoms with Gasteiger partial charge in [0.05, 0.1) is 32.8 Å². The minimum atomic E-state index is -0.569. The van der Waals surface area contributed by atoms with Crippen LogP contribution < -0.4 is 0 Å². The standard InChI is InChI=1S/C11H14O6/c1-7(11(13)17-9-5-15-6-9)2-10(12)16-8-3-14-4-8/h8-9H,1-6H2. The minimum Gasteiger partial charge on any atom is -0.457 e. The number of hydrogen-bond acceptors (Lipinski definition) is 6. The van der Waals surface area contributed by atoms with E-state index in [0.717, 1.165) is 0 Å². The molecule has 2 aliphatic rings. The van der Waals surface area contributed by atoms with Gasteiger partial charge in [0, 0.05) is 5.57 Å². The maximum Gasteiger partial charge on any atom is 0.334 e. The number of carbonyl (C=O) groups excluding carboxylic acids is 2. The first-order valence-corrected chi connectivity index (χ1v) is 5.39. The number of ether oxygens (including phenoxy) is 4. The second kappa shape index (κ2) is 5.29. The molecular formula is C11H14O6. The summed E-state index contributed by atoms with van der Waals surface area (Å²) in [7, 11) is 0. The first-order valence-electron chi connectivity index (χ1n) is 5.39. The van der Waals surface area contributed by atoms with E-state index in [2.05, 4.69) is 6.58 Å². The van der Waals surface area contributed by atoms with E-state index < -0.39 is 11.9 Å². The smallest absolute Gasteiger partial charge is 0.334 e. The van der Waals surface area contributed by atoms with Crippen molar-refractivity contribution < 1.29 is 28.5 Å². The fourth-order valence-electron chi connectivity index (χ4n) is 1.27. The SMILES string of the molecule is C=C(CC(=O)OC1COC1)C(=O)OC1COC1. The highest BCUT2D eigenvalue weighted by molar-refractivity contribution is 5.93. The Morgan fingerprint density at radius 2 is 1.59 bits per heavy atom. The molecule has 0 aliphatic carbocycles. The van der Waals surface area contributed by atoms with Gasteiger partial charge in [0.15, 0.2) is 0 Å². The highest BCUT2D eigenvalue weighted by Crippen LogP contribution is 2.12. The van der Waals surface area contributed by atoms with Crippen LogP contribution in [0.1, 0.15) is 6.42 Å². The van der Waals surface area contributed by atoms with Gasteiger partial charge in [-0.15, -0.1) is 0 Å². The second-order valence-electron chi connectivity index (χ2n) is 3.99. The van der Waals surface area contributed by atoms with E-state index in [0.29, 0.717) is 26.4 Å². The topological polar surface area (TPSA) is 71.1 Å². The van der Waals surface area contributed by atoms with Gasteiger partial charge in [-0.1, -0.05) is 6.58 Å². The molecule has 94 valence electrons. The van der Waals surface area contributed by atoms with Gasteiger partial charge in [0.25, 0.3) is 0 Å². The van der Waals surface area contributed by atoms with E-state index in [4.69, 9.17) is 18.9 Å². The van der Waals surface area contributed by atoms with Gasteiger partial charge < -0.3 is 18.9 Å². The van der Waals surface area contributed by atoms with Crippen molar-refractivity contribution in [3.63, 3.8) is 0 Å². The van der Waals surface area contributed by atoms with Crippen LogP contribution in [0, 0.1) is 0 Å². The fraction of sp³-hybridized carbons (Fsp3) is 0.636. The van der Waals surface area contributed by atoms with Crippen LogP contribution in [0.5, 0.6) is 0 Å². The molecule has 0 saturated carbocycles. The van der Waals surface area contributed by atoms with Crippen LogP contribution >= 0.6 is 0 Å². The zero-order valence-corrected chi connectivity index (χ0v) is 9.35. The normalized spacial score (nSPS) is 20.0. The highest BCUT2D eigenvalue weighted by atomic mass is 16.6. The number of esters is 2. The average molecular weight is 242 g/mol. The predicted molar refractivity (Wildman–Crippen MR) is 55.2 cm³/mol. The molecule has 17 heavy (non-hydrogen) atoms. The summed E-state index contributed by atoms with van der Waals surface area (Å²) in [4.78, 5) is 22.8. The van der Waals surface area contributed by atoms with Crippen LogP contribution in [-0.4, -0.2) is 50.6 Å². The van der Waals surface area contributed by atoms with Crippen molar-refractivity contribution >= 4 is 11.9 Å². The highest BCUT2D eigenvalue weighted by Gasteiger charge is 2.26. The lowest BCUT2D eigenvalue weighted by Crippen LogP contribution is -2.39. The van der Waals surface area contributed by atoms with Crippen molar-refractivity contribution in [3.05, 3.63) is 12.2 Å². The monoisotopic (exact) mass is 242 g/mol. The molecule has 0 aromatic heterocycles. The third-order valence-corrected chi connectivity index (χ3v) is 2.43. The second-order valence-corrected chi connectivity index (χ2v) is 3.99. The molecule has 6 nitrogen and oxygen atoms in total. The molecule has 0 radical (unpaired) electrons. The maximum atomic E-state index is 11.4. The molecule has 0 unspecified atom stereocenters. The minimum absolute atomic E-state index is 0.0992. The molecule has 0 amide bonds. The Labute approximate surface area is 98.5 Å². The van der Waals surface area contributed by atoms with E-state index in [1.807, 2.05) is 0 Å². The Morgan fingerprint density at radius 3 is 2.06 bits per heavy atom. The molecule has 0 N–H and O–H groups in total. The van der Waals surface area contributed by atoms with E-state index in [1.165, 1.54) is 0 Å². The quantitative estimate of drug-likeness (QED) is 0.492. The van der Waals surface area contributed by atoms with Gasteiger partial charge in [0.2, 0.25) is 0 Å². The van der Waals surface area contributed by atoms with Crippen molar-refractivity contribution in [2.24, 2.45) is 0 Å².